The molecule has 0 spiro atoms. The molecule has 2 amide bonds. The highest BCUT2D eigenvalue weighted by atomic mass is 16.3. The first-order chi connectivity index (χ1) is 7.54. The lowest BCUT2D eigenvalue weighted by Gasteiger charge is -2.34. The number of nitrogens with two attached hydrogens (primary N) is 1. The summed E-state index contributed by atoms with van der Waals surface area (Å²) < 4.78 is 0. The third kappa shape index (κ3) is 3.64. The number of rotatable bonds is 4. The van der Waals surface area contributed by atoms with Crippen molar-refractivity contribution in [1.29, 1.82) is 0 Å². The number of carbonyl (C=O) groups excluding carboxylic acids is 1. The van der Waals surface area contributed by atoms with Gasteiger partial charge in [-0.15, -0.1) is 0 Å². The molecule has 4 N–H and O–H groups in total. The second-order valence-electron chi connectivity index (χ2n) is 4.80. The van der Waals surface area contributed by atoms with Gasteiger partial charge in [-0.2, -0.15) is 0 Å². The quantitative estimate of drug-likeness (QED) is 0.641. The van der Waals surface area contributed by atoms with Crippen LogP contribution in [0.5, 0.6) is 0 Å². The Kier molecular flexibility index (Phi) is 5.02. The van der Waals surface area contributed by atoms with E-state index in [9.17, 15) is 9.90 Å². The Morgan fingerprint density at radius 2 is 2.06 bits per heavy atom. The van der Waals surface area contributed by atoms with Crippen molar-refractivity contribution < 1.29 is 9.90 Å². The number of likely N-dealkylation sites (tertiary alicyclic amines) is 1. The van der Waals surface area contributed by atoms with Crippen molar-refractivity contribution in [1.82, 2.24) is 10.2 Å². The van der Waals surface area contributed by atoms with E-state index in [1.54, 1.807) is 4.90 Å². The first-order valence-electron chi connectivity index (χ1n) is 5.96. The zero-order chi connectivity index (χ0) is 12.1. The van der Waals surface area contributed by atoms with Crippen LogP contribution in [-0.4, -0.2) is 47.8 Å². The lowest BCUT2D eigenvalue weighted by atomic mass is 10.00. The van der Waals surface area contributed by atoms with Gasteiger partial charge in [-0.25, -0.2) is 4.79 Å². The number of aliphatic hydroxyl groups is 1. The summed E-state index contributed by atoms with van der Waals surface area (Å²) in [6, 6.07) is 0.196. The van der Waals surface area contributed by atoms with Crippen molar-refractivity contribution in [3.05, 3.63) is 0 Å². The van der Waals surface area contributed by atoms with E-state index in [0.717, 1.165) is 12.8 Å². The van der Waals surface area contributed by atoms with Gasteiger partial charge in [-0.1, -0.05) is 13.8 Å². The Bertz CT molecular complexity index is 225. The topological polar surface area (TPSA) is 78.6 Å². The molecule has 1 heterocycles. The molecule has 1 saturated heterocycles. The van der Waals surface area contributed by atoms with E-state index < -0.39 is 0 Å². The van der Waals surface area contributed by atoms with Crippen LogP contribution in [0, 0.1) is 5.92 Å². The van der Waals surface area contributed by atoms with Crippen LogP contribution >= 0.6 is 0 Å². The predicted molar refractivity (Wildman–Crippen MR) is 63.0 cm³/mol. The number of hydrogen-bond acceptors (Lipinski definition) is 3. The number of nitrogens with one attached hydrogen (secondary N) is 1. The van der Waals surface area contributed by atoms with E-state index in [-0.39, 0.29) is 18.7 Å². The molecule has 0 aliphatic carbocycles. The van der Waals surface area contributed by atoms with Gasteiger partial charge in [-0.3, -0.25) is 0 Å². The molecule has 0 aromatic rings. The first-order valence-corrected chi connectivity index (χ1v) is 5.96. The second-order valence-corrected chi connectivity index (χ2v) is 4.80. The molecule has 1 aliphatic heterocycles. The van der Waals surface area contributed by atoms with Gasteiger partial charge in [0, 0.05) is 25.2 Å². The summed E-state index contributed by atoms with van der Waals surface area (Å²) in [5.74, 6) is 0.416. The molecule has 0 aromatic heterocycles. The molecular weight excluding hydrogens is 206 g/mol. The average Bonchev–Trinajstić information content (AvgIpc) is 2.26. The molecule has 5 nitrogen and oxygen atoms in total. The lowest BCUT2D eigenvalue weighted by Crippen LogP contribution is -2.51. The number of aliphatic hydroxyl groups excluding tert-OH is 1. The molecule has 0 aromatic carbocycles. The molecular formula is C11H23N3O2. The Labute approximate surface area is 97.0 Å². The smallest absolute Gasteiger partial charge is 0.314 e. The number of primary amides is 1. The fourth-order valence-corrected chi connectivity index (χ4v) is 2.03. The number of amides is 2. The molecule has 0 saturated carbocycles. The lowest BCUT2D eigenvalue weighted by molar-refractivity contribution is 0.160. The van der Waals surface area contributed by atoms with Crippen molar-refractivity contribution >= 4 is 6.03 Å². The fourth-order valence-electron chi connectivity index (χ4n) is 2.03. The molecule has 0 radical (unpaired) electrons. The standard InChI is InChI=1S/C11H23N3O2/c1-8(2)10(7-15)13-9-3-5-14(6-4-9)11(12)16/h8-10,13,15H,3-7H2,1-2H3,(H2,12,16). The third-order valence-corrected chi connectivity index (χ3v) is 3.26. The van der Waals surface area contributed by atoms with Crippen molar-refractivity contribution in [2.24, 2.45) is 11.7 Å². The summed E-state index contributed by atoms with van der Waals surface area (Å²) in [7, 11) is 0. The summed E-state index contributed by atoms with van der Waals surface area (Å²) in [4.78, 5) is 12.6. The van der Waals surface area contributed by atoms with Crippen LogP contribution in [0.2, 0.25) is 0 Å². The Hall–Kier alpha value is -0.810. The van der Waals surface area contributed by atoms with E-state index in [0.29, 0.717) is 25.0 Å². The van der Waals surface area contributed by atoms with Crippen molar-refractivity contribution in [2.45, 2.75) is 38.8 Å². The Balaban J connectivity index is 2.33. The Morgan fingerprint density at radius 1 is 1.50 bits per heavy atom. The molecule has 16 heavy (non-hydrogen) atoms. The van der Waals surface area contributed by atoms with E-state index in [1.807, 2.05) is 0 Å². The van der Waals surface area contributed by atoms with Crippen LogP contribution in [0.3, 0.4) is 0 Å². The van der Waals surface area contributed by atoms with Gasteiger partial charge < -0.3 is 21.1 Å². The summed E-state index contributed by atoms with van der Waals surface area (Å²) in [5, 5.41) is 12.7. The first kappa shape index (κ1) is 13.3. The van der Waals surface area contributed by atoms with Crippen LogP contribution in [-0.2, 0) is 0 Å². The van der Waals surface area contributed by atoms with Crippen molar-refractivity contribution in [3.63, 3.8) is 0 Å². The van der Waals surface area contributed by atoms with Gasteiger partial charge in [0.15, 0.2) is 0 Å². The fraction of sp³-hybridized carbons (Fsp3) is 0.909. The summed E-state index contributed by atoms with van der Waals surface area (Å²) >= 11 is 0. The van der Waals surface area contributed by atoms with Gasteiger partial charge in [0.25, 0.3) is 0 Å². The molecule has 0 bridgehead atoms. The third-order valence-electron chi connectivity index (χ3n) is 3.26. The maximum atomic E-state index is 10.9. The molecule has 1 rings (SSSR count). The number of piperidine rings is 1. The van der Waals surface area contributed by atoms with Gasteiger partial charge in [-0.05, 0) is 18.8 Å². The van der Waals surface area contributed by atoms with Crippen LogP contribution in [0.15, 0.2) is 0 Å². The zero-order valence-electron chi connectivity index (χ0n) is 10.1. The largest absolute Gasteiger partial charge is 0.395 e. The minimum absolute atomic E-state index is 0.144. The normalized spacial score (nSPS) is 20.1. The molecule has 94 valence electrons. The molecule has 1 aliphatic rings. The second kappa shape index (κ2) is 6.06. The van der Waals surface area contributed by atoms with Crippen LogP contribution in [0.4, 0.5) is 4.79 Å². The highest BCUT2D eigenvalue weighted by molar-refractivity contribution is 5.72. The van der Waals surface area contributed by atoms with Crippen LogP contribution in [0.1, 0.15) is 26.7 Å². The molecule has 5 heteroatoms. The number of carbonyl (C=O) groups is 1. The Morgan fingerprint density at radius 3 is 2.44 bits per heavy atom. The highest BCUT2D eigenvalue weighted by Crippen LogP contribution is 2.12. The van der Waals surface area contributed by atoms with Crippen molar-refractivity contribution in [3.8, 4) is 0 Å². The summed E-state index contributed by atoms with van der Waals surface area (Å²) in [6.07, 6.45) is 1.82. The van der Waals surface area contributed by atoms with E-state index in [4.69, 9.17) is 5.73 Å². The number of urea groups is 1. The van der Waals surface area contributed by atoms with Crippen LogP contribution in [0.25, 0.3) is 0 Å². The predicted octanol–water partition coefficient (Wildman–Crippen LogP) is 0.136. The zero-order valence-corrected chi connectivity index (χ0v) is 10.1. The maximum Gasteiger partial charge on any atom is 0.314 e. The SMILES string of the molecule is CC(C)C(CO)NC1CCN(C(N)=O)CC1. The van der Waals surface area contributed by atoms with E-state index >= 15 is 0 Å². The van der Waals surface area contributed by atoms with Gasteiger partial charge in [0.1, 0.15) is 0 Å². The maximum absolute atomic E-state index is 10.9. The van der Waals surface area contributed by atoms with Crippen LogP contribution < -0.4 is 11.1 Å². The van der Waals surface area contributed by atoms with Crippen molar-refractivity contribution in [2.75, 3.05) is 19.7 Å². The minimum atomic E-state index is -0.332. The summed E-state index contributed by atoms with van der Waals surface area (Å²) in [6.45, 7) is 5.76. The minimum Gasteiger partial charge on any atom is -0.395 e. The van der Waals surface area contributed by atoms with Gasteiger partial charge >= 0.3 is 6.03 Å². The number of hydrogen-bond donors (Lipinski definition) is 3. The molecule has 1 unspecified atom stereocenters. The number of nitrogens with zero attached hydrogens (tertiary/aromatic N) is 1. The highest BCUT2D eigenvalue weighted by Gasteiger charge is 2.23. The molecule has 1 fully saturated rings. The van der Waals surface area contributed by atoms with Gasteiger partial charge in [0.2, 0.25) is 0 Å². The average molecular weight is 229 g/mol. The van der Waals surface area contributed by atoms with E-state index in [1.165, 1.54) is 0 Å². The monoisotopic (exact) mass is 229 g/mol. The molecule has 1 atom stereocenters. The summed E-state index contributed by atoms with van der Waals surface area (Å²) in [5.41, 5.74) is 5.21. The van der Waals surface area contributed by atoms with E-state index in [2.05, 4.69) is 19.2 Å². The van der Waals surface area contributed by atoms with Gasteiger partial charge in [0.05, 0.1) is 6.61 Å².